The SMILES string of the molecule is CC(=O)N[C@@H](CCS)C(=O)N[C@@H](Cc1c[nH]cn1)C(=O)N[C@H](Cc1ccccc1)C(=O)N[C@@H](CCCNC(=N)N)C(=O)N[C@@H](Cc1c[nH]c2ccccc12)C(=O)N[C@@H](CS)C(=O)N1CCC[C@H]1C(=O)N1CCC[C@H]1C(=O)N[C@@H](CO)C(C)=O. The average molecular weight is 1190 g/mol. The van der Waals surface area contributed by atoms with Gasteiger partial charge in [-0.15, -0.1) is 0 Å². The number of hydrogen-bond donors (Lipinski definition) is 15. The number of amides is 9. The first-order chi connectivity index (χ1) is 39.8. The monoisotopic (exact) mass is 1190 g/mol. The molecule has 0 saturated carbocycles. The van der Waals surface area contributed by atoms with Crippen LogP contribution >= 0.6 is 25.3 Å². The summed E-state index contributed by atoms with van der Waals surface area (Å²) in [6.07, 6.45) is 5.93. The molecular formula is C55H75N15O11S2. The third kappa shape index (κ3) is 18.3. The molecule has 6 rings (SSSR count). The molecule has 448 valence electrons. The quantitative estimate of drug-likeness (QED) is 0.0121. The molecule has 28 heteroatoms. The van der Waals surface area contributed by atoms with E-state index in [2.05, 4.69) is 82.7 Å². The fraction of sp³-hybridized carbons (Fsp3) is 0.491. The number of thiol groups is 2. The summed E-state index contributed by atoms with van der Waals surface area (Å²) in [7, 11) is 0. The van der Waals surface area contributed by atoms with Crippen LogP contribution < -0.4 is 48.3 Å². The molecule has 4 aromatic rings. The smallest absolute Gasteiger partial charge is 0.246 e. The standard InChI is InChI=1S/C55H75N15O11S2/c1-31(72)43(28-71)67-52(79)45-16-9-20-69(45)54(81)46-17-10-21-70(46)53(80)44(29-83)68-50(77)41(24-34-26-60-37-14-7-6-13-36(34)37)65-47(74)38(15-8-19-59-55(56)57)63-49(76)40(23-33-11-4-3-5-12-33)64-51(78)42(25-35-27-58-30-61-35)66-48(75)39(18-22-82)62-32(2)73/h3-7,11-14,26-27,30,38-46,60,71,82-83H,8-10,15-25,28-29H2,1-2H3,(H,58,61)(H,62,73)(H,63,76)(H,64,78)(H,65,74)(H,66,75)(H,67,79)(H,68,77)(H4,56,57,59)/t38-,39-,40+,41-,42-,43-,44-,45-,46-/m0/s1. The van der Waals surface area contributed by atoms with Crippen molar-refractivity contribution in [2.24, 2.45) is 5.73 Å². The lowest BCUT2D eigenvalue weighted by Crippen LogP contribution is -2.61. The molecule has 2 aliphatic heterocycles. The molecule has 0 radical (unpaired) electrons. The minimum atomic E-state index is -1.42. The number of carbonyl (C=O) groups excluding carboxylic acids is 10. The van der Waals surface area contributed by atoms with Crippen LogP contribution in [0.3, 0.4) is 0 Å². The van der Waals surface area contributed by atoms with Crippen molar-refractivity contribution in [3.05, 3.63) is 90.1 Å². The van der Waals surface area contributed by atoms with Crippen LogP contribution in [0.4, 0.5) is 0 Å². The van der Waals surface area contributed by atoms with E-state index in [1.165, 1.54) is 36.2 Å². The van der Waals surface area contributed by atoms with E-state index in [1.807, 2.05) is 18.2 Å². The highest BCUT2D eigenvalue weighted by Gasteiger charge is 2.44. The number of aromatic amines is 2. The van der Waals surface area contributed by atoms with Crippen molar-refractivity contribution in [3.8, 4) is 0 Å². The van der Waals surface area contributed by atoms with E-state index in [-0.39, 0.29) is 82.0 Å². The summed E-state index contributed by atoms with van der Waals surface area (Å²) in [6.45, 7) is 2.31. The second-order valence-electron chi connectivity index (χ2n) is 20.5. The third-order valence-electron chi connectivity index (χ3n) is 14.4. The summed E-state index contributed by atoms with van der Waals surface area (Å²) < 4.78 is 0. The highest BCUT2D eigenvalue weighted by molar-refractivity contribution is 7.80. The second-order valence-corrected chi connectivity index (χ2v) is 21.3. The Bertz CT molecular complexity index is 2930. The van der Waals surface area contributed by atoms with Gasteiger partial charge in [0.25, 0.3) is 0 Å². The van der Waals surface area contributed by atoms with Crippen molar-refractivity contribution in [1.82, 2.24) is 67.3 Å². The van der Waals surface area contributed by atoms with Gasteiger partial charge in [0.2, 0.25) is 53.2 Å². The van der Waals surface area contributed by atoms with Gasteiger partial charge in [-0.05, 0) is 74.8 Å². The molecule has 0 unspecified atom stereocenters. The molecule has 14 N–H and O–H groups in total. The number of likely N-dealkylation sites (tertiary alicyclic amines) is 2. The van der Waals surface area contributed by atoms with E-state index >= 15 is 0 Å². The van der Waals surface area contributed by atoms with Gasteiger partial charge in [0.1, 0.15) is 54.4 Å². The van der Waals surface area contributed by atoms with Crippen LogP contribution in [-0.4, -0.2) is 187 Å². The number of Topliss-reactive ketones (excluding diaryl/α,β-unsaturated/α-hetero) is 1. The molecule has 83 heavy (non-hydrogen) atoms. The minimum absolute atomic E-state index is 0.0841. The number of fused-ring (bicyclic) bond motifs is 1. The van der Waals surface area contributed by atoms with Crippen molar-refractivity contribution in [2.75, 3.05) is 37.7 Å². The van der Waals surface area contributed by atoms with Crippen LogP contribution in [0.15, 0.2) is 73.3 Å². The number of aliphatic hydroxyl groups is 1. The number of nitrogens with zero attached hydrogens (tertiary/aromatic N) is 3. The number of para-hydroxylation sites is 1. The van der Waals surface area contributed by atoms with Gasteiger partial charge in [-0.1, -0.05) is 48.5 Å². The average Bonchev–Trinajstić information content (AvgIpc) is 4.24. The van der Waals surface area contributed by atoms with Crippen molar-refractivity contribution >= 4 is 101 Å². The van der Waals surface area contributed by atoms with Crippen LogP contribution in [0, 0.1) is 5.41 Å². The maximum Gasteiger partial charge on any atom is 0.246 e. The topological polar surface area (TPSA) is 388 Å². The van der Waals surface area contributed by atoms with Crippen molar-refractivity contribution < 1.29 is 53.1 Å². The first-order valence-electron chi connectivity index (χ1n) is 27.5. The molecule has 2 saturated heterocycles. The van der Waals surface area contributed by atoms with Gasteiger partial charge in [-0.25, -0.2) is 4.98 Å². The van der Waals surface area contributed by atoms with E-state index in [0.717, 1.165) is 10.9 Å². The Hall–Kier alpha value is -7.98. The number of aromatic nitrogens is 3. The lowest BCUT2D eigenvalue weighted by molar-refractivity contribution is -0.148. The van der Waals surface area contributed by atoms with Gasteiger partial charge < -0.3 is 73.1 Å². The minimum Gasteiger partial charge on any atom is -0.394 e. The summed E-state index contributed by atoms with van der Waals surface area (Å²) in [4.78, 5) is 152. The van der Waals surface area contributed by atoms with Crippen LogP contribution in [0.5, 0.6) is 0 Å². The lowest BCUT2D eigenvalue weighted by atomic mass is 10.0. The zero-order chi connectivity index (χ0) is 60.2. The van der Waals surface area contributed by atoms with Gasteiger partial charge in [0.15, 0.2) is 11.7 Å². The summed E-state index contributed by atoms with van der Waals surface area (Å²) in [6, 6.07) is 5.00. The number of nitrogens with one attached hydrogen (secondary N) is 11. The number of carbonyl (C=O) groups is 10. The van der Waals surface area contributed by atoms with Gasteiger partial charge in [0.05, 0.1) is 18.6 Å². The molecule has 9 atom stereocenters. The molecule has 9 amide bonds. The molecule has 2 aromatic heterocycles. The van der Waals surface area contributed by atoms with E-state index in [9.17, 15) is 53.1 Å². The zero-order valence-corrected chi connectivity index (χ0v) is 48.1. The first kappa shape index (κ1) is 64.2. The van der Waals surface area contributed by atoms with Crippen molar-refractivity contribution in [1.29, 1.82) is 5.41 Å². The highest BCUT2D eigenvalue weighted by Crippen LogP contribution is 2.26. The molecule has 2 aliphatic rings. The van der Waals surface area contributed by atoms with Crippen LogP contribution in [-0.2, 0) is 67.2 Å². The van der Waals surface area contributed by atoms with Gasteiger partial charge >= 0.3 is 0 Å². The van der Waals surface area contributed by atoms with E-state index in [4.69, 9.17) is 11.1 Å². The highest BCUT2D eigenvalue weighted by atomic mass is 32.1. The number of hydrogen-bond acceptors (Lipinski definition) is 15. The molecule has 2 aromatic carbocycles. The number of rotatable bonds is 30. The van der Waals surface area contributed by atoms with E-state index in [0.29, 0.717) is 36.1 Å². The Balaban J connectivity index is 1.26. The third-order valence-corrected chi connectivity index (χ3v) is 15.0. The molecule has 26 nitrogen and oxygen atoms in total. The number of guanidine groups is 1. The van der Waals surface area contributed by atoms with Crippen molar-refractivity contribution in [3.63, 3.8) is 0 Å². The summed E-state index contributed by atoms with van der Waals surface area (Å²) in [5.74, 6) is -6.96. The predicted octanol–water partition coefficient (Wildman–Crippen LogP) is -1.59. The molecule has 0 spiro atoms. The zero-order valence-electron chi connectivity index (χ0n) is 46.3. The number of ketones is 1. The molecular weight excluding hydrogens is 1110 g/mol. The number of nitrogens with two attached hydrogens (primary N) is 1. The Labute approximate surface area is 490 Å². The second kappa shape index (κ2) is 31.5. The fourth-order valence-electron chi connectivity index (χ4n) is 10.1. The molecule has 0 aliphatic carbocycles. The van der Waals surface area contributed by atoms with Crippen molar-refractivity contribution in [2.45, 2.75) is 132 Å². The van der Waals surface area contributed by atoms with Crippen LogP contribution in [0.1, 0.15) is 75.6 Å². The summed E-state index contributed by atoms with van der Waals surface area (Å²) in [5.41, 5.74) is 7.92. The maximum atomic E-state index is 14.9. The number of benzene rings is 2. The van der Waals surface area contributed by atoms with Gasteiger partial charge in [-0.2, -0.15) is 25.3 Å². The largest absolute Gasteiger partial charge is 0.394 e. The Morgan fingerprint density at radius 1 is 0.687 bits per heavy atom. The maximum absolute atomic E-state index is 14.9. The first-order valence-corrected chi connectivity index (χ1v) is 28.8. The Morgan fingerprint density at radius 2 is 1.27 bits per heavy atom. The Kier molecular flexibility index (Phi) is 24.3. The number of imidazole rings is 1. The predicted molar refractivity (Wildman–Crippen MR) is 312 cm³/mol. The molecule has 0 bridgehead atoms. The number of H-pyrrole nitrogens is 2. The van der Waals surface area contributed by atoms with E-state index in [1.54, 1.807) is 42.6 Å². The van der Waals surface area contributed by atoms with Gasteiger partial charge in [-0.3, -0.25) is 53.4 Å². The normalized spacial score (nSPS) is 17.4. The number of aliphatic hydroxyl groups excluding tert-OH is 1. The molecule has 2 fully saturated rings. The van der Waals surface area contributed by atoms with Crippen LogP contribution in [0.2, 0.25) is 0 Å². The fourth-order valence-corrected chi connectivity index (χ4v) is 10.6. The van der Waals surface area contributed by atoms with Crippen LogP contribution in [0.25, 0.3) is 10.9 Å². The summed E-state index contributed by atoms with van der Waals surface area (Å²) >= 11 is 8.68. The van der Waals surface area contributed by atoms with E-state index < -0.39 is 120 Å². The summed E-state index contributed by atoms with van der Waals surface area (Å²) in [5, 5.41) is 39.7. The van der Waals surface area contributed by atoms with Gasteiger partial charge in [0, 0.05) is 74.9 Å². The molecule has 4 heterocycles. The lowest BCUT2D eigenvalue weighted by Gasteiger charge is -2.33. The Morgan fingerprint density at radius 3 is 1.87 bits per heavy atom.